The lowest BCUT2D eigenvalue weighted by Crippen LogP contribution is -2.67. The molecule has 75 heavy (non-hydrogen) atoms. The summed E-state index contributed by atoms with van der Waals surface area (Å²) in [5.74, 6) is -5.01. The molecule has 2 heterocycles. The maximum Gasteiger partial charge on any atom is 0.303 e. The monoisotopic (exact) mass is 1070 g/mol. The van der Waals surface area contributed by atoms with Gasteiger partial charge in [0.15, 0.2) is 12.6 Å². The first kappa shape index (κ1) is 64.1. The fourth-order valence-electron chi connectivity index (χ4n) is 8.40. The fourth-order valence-corrected chi connectivity index (χ4v) is 8.40. The highest BCUT2D eigenvalue weighted by molar-refractivity contribution is 5.94. The number of unbranched alkanes of at least 4 members (excludes halogenated alkanes) is 9. The SMILES string of the molecule is CC(=O)CCCC(=O)N[C@@H](Cc1ccccc1)C(=O)N[C@@H](CCC(=O)O)C(=O)NCC(=O)NCC(=O)NCCCCCCCCCCCCO[C@@H]1O[C@H](CO)[C@@H](O[C@@H]2O[C@H](CO)[C@H](O)[C@H](O)[C@H]2O)[C@H](O)[C@H]1NC(C)=O. The number of amides is 6. The predicted octanol–water partition coefficient (Wildman–Crippen LogP) is -2.14. The van der Waals surface area contributed by atoms with E-state index in [1.165, 1.54) is 13.8 Å². The minimum absolute atomic E-state index is 0.0129. The van der Waals surface area contributed by atoms with Gasteiger partial charge in [0.1, 0.15) is 66.6 Å². The largest absolute Gasteiger partial charge is 0.481 e. The highest BCUT2D eigenvalue weighted by atomic mass is 16.7. The molecule has 3 rings (SSSR count). The number of carboxylic acids is 1. The summed E-state index contributed by atoms with van der Waals surface area (Å²) in [5.41, 5.74) is 0.706. The molecule has 2 aliphatic rings. The lowest BCUT2D eigenvalue weighted by atomic mass is 9.95. The van der Waals surface area contributed by atoms with Gasteiger partial charge >= 0.3 is 5.97 Å². The molecule has 25 nitrogen and oxygen atoms in total. The summed E-state index contributed by atoms with van der Waals surface area (Å²) in [5, 5.41) is 86.0. The summed E-state index contributed by atoms with van der Waals surface area (Å²) in [6.45, 7) is 1.000. The van der Waals surface area contributed by atoms with Crippen molar-refractivity contribution in [1.29, 1.82) is 0 Å². The van der Waals surface area contributed by atoms with Gasteiger partial charge in [-0.05, 0) is 38.2 Å². The first-order valence-electron chi connectivity index (χ1n) is 25.8. The minimum atomic E-state index is -1.77. The van der Waals surface area contributed by atoms with Crippen molar-refractivity contribution in [3.63, 3.8) is 0 Å². The lowest BCUT2D eigenvalue weighted by molar-refractivity contribution is -0.348. The van der Waals surface area contributed by atoms with Crippen LogP contribution in [0.1, 0.15) is 116 Å². The molecule has 2 saturated heterocycles. The van der Waals surface area contributed by atoms with E-state index < -0.39 is 141 Å². The van der Waals surface area contributed by atoms with Crippen LogP contribution < -0.4 is 31.9 Å². The number of aliphatic hydroxyl groups is 6. The number of carboxylic acid groups (broad SMARTS) is 1. The number of aliphatic carboxylic acids is 1. The van der Waals surface area contributed by atoms with Gasteiger partial charge in [-0.3, -0.25) is 33.6 Å². The first-order chi connectivity index (χ1) is 35.8. The molecule has 2 aliphatic heterocycles. The number of carbonyl (C=O) groups is 8. The standard InChI is InChI=1S/C50H80N6O19/c1-30(59)17-16-20-37(61)55-34(25-32-18-12-11-13-19-32)48(71)56-33(21-22-40(64)65)47(70)53-27-39(63)52-26-38(62)51-23-14-9-7-5-3-4-6-8-10-15-24-72-49-41(54-31(2)60)43(67)46(36(29-58)74-49)75-50-45(69)44(68)42(66)35(28-57)73-50/h11-13,18-19,33-36,41-46,49-50,57-58,66-69H,3-10,14-17,20-29H2,1-2H3,(H,51,62)(H,52,63)(H,53,70)(H,54,60)(H,55,61)(H,56,71)(H,64,65)/t33-,34-,35+,36+,41+,42-,43+,44-,45+,46+,49+,50-/m0/s1. The third-order valence-corrected chi connectivity index (χ3v) is 12.6. The van der Waals surface area contributed by atoms with Gasteiger partial charge in [0.05, 0.1) is 26.3 Å². The third kappa shape index (κ3) is 24.1. The molecular weight excluding hydrogens is 989 g/mol. The highest BCUT2D eigenvalue weighted by Crippen LogP contribution is 2.30. The Morgan fingerprint density at radius 2 is 1.20 bits per heavy atom. The van der Waals surface area contributed by atoms with Gasteiger partial charge in [-0.2, -0.15) is 0 Å². The number of aliphatic hydroxyl groups excluding tert-OH is 6. The maximum atomic E-state index is 13.4. The molecule has 0 aromatic heterocycles. The molecule has 0 bridgehead atoms. The molecule has 25 heteroatoms. The number of hydrogen-bond acceptors (Lipinski definition) is 18. The third-order valence-electron chi connectivity index (χ3n) is 12.6. The van der Waals surface area contributed by atoms with Crippen molar-refractivity contribution >= 4 is 47.2 Å². The van der Waals surface area contributed by atoms with Gasteiger partial charge in [-0.1, -0.05) is 81.7 Å². The molecule has 0 saturated carbocycles. The van der Waals surface area contributed by atoms with E-state index in [4.69, 9.17) is 18.9 Å². The van der Waals surface area contributed by atoms with Crippen LogP contribution in [-0.4, -0.2) is 196 Å². The van der Waals surface area contributed by atoms with E-state index in [1.807, 2.05) is 0 Å². The second-order valence-electron chi connectivity index (χ2n) is 18.9. The molecule has 0 unspecified atom stereocenters. The zero-order chi connectivity index (χ0) is 55.3. The van der Waals surface area contributed by atoms with E-state index in [0.29, 0.717) is 18.5 Å². The van der Waals surface area contributed by atoms with Crippen LogP contribution in [0, 0.1) is 0 Å². The van der Waals surface area contributed by atoms with Gasteiger partial charge < -0.3 is 91.4 Å². The van der Waals surface area contributed by atoms with Crippen LogP contribution in [0.2, 0.25) is 0 Å². The van der Waals surface area contributed by atoms with E-state index in [0.717, 1.165) is 57.8 Å². The molecule has 0 aliphatic carbocycles. The summed E-state index contributed by atoms with van der Waals surface area (Å²) in [6.07, 6.45) is -4.53. The van der Waals surface area contributed by atoms with E-state index in [1.54, 1.807) is 30.3 Å². The lowest BCUT2D eigenvalue weighted by Gasteiger charge is -2.47. The number of Topliss-reactive ketones (excluding diaryl/α,β-unsaturated/α-hetero) is 1. The molecule has 1 aromatic rings. The Morgan fingerprint density at radius 1 is 0.600 bits per heavy atom. The topological polar surface area (TPSA) is 387 Å². The van der Waals surface area contributed by atoms with E-state index in [9.17, 15) is 74.1 Å². The summed E-state index contributed by atoms with van der Waals surface area (Å²) in [6, 6.07) is 5.14. The van der Waals surface area contributed by atoms with E-state index >= 15 is 0 Å². The highest BCUT2D eigenvalue weighted by Gasteiger charge is 2.51. The Morgan fingerprint density at radius 3 is 1.81 bits per heavy atom. The Bertz CT molecular complexity index is 1930. The fraction of sp³-hybridized carbons (Fsp3) is 0.720. The van der Waals surface area contributed by atoms with Crippen LogP contribution in [0.4, 0.5) is 0 Å². The molecule has 0 radical (unpaired) electrons. The average molecular weight is 1070 g/mol. The Kier molecular flexibility index (Phi) is 30.0. The normalized spacial score (nSPS) is 24.2. The maximum absolute atomic E-state index is 13.4. The quantitative estimate of drug-likeness (QED) is 0.0319. The van der Waals surface area contributed by atoms with Crippen molar-refractivity contribution in [3.8, 4) is 0 Å². The molecule has 13 N–H and O–H groups in total. The van der Waals surface area contributed by atoms with Crippen LogP contribution >= 0.6 is 0 Å². The minimum Gasteiger partial charge on any atom is -0.481 e. The Balaban J connectivity index is 1.27. The van der Waals surface area contributed by atoms with Crippen molar-refractivity contribution in [2.24, 2.45) is 0 Å². The van der Waals surface area contributed by atoms with Crippen LogP contribution in [0.15, 0.2) is 30.3 Å². The number of ether oxygens (including phenoxy) is 4. The van der Waals surface area contributed by atoms with Crippen molar-refractivity contribution < 1.29 is 93.0 Å². The van der Waals surface area contributed by atoms with Gasteiger partial charge in [0.25, 0.3) is 0 Å². The smallest absolute Gasteiger partial charge is 0.303 e. The van der Waals surface area contributed by atoms with E-state index in [2.05, 4.69) is 31.9 Å². The van der Waals surface area contributed by atoms with Crippen molar-refractivity contribution in [2.75, 3.05) is 39.5 Å². The zero-order valence-electron chi connectivity index (χ0n) is 42.9. The molecule has 12 atom stereocenters. The summed E-state index contributed by atoms with van der Waals surface area (Å²) >= 11 is 0. The summed E-state index contributed by atoms with van der Waals surface area (Å²) in [7, 11) is 0. The second-order valence-corrected chi connectivity index (χ2v) is 18.9. The van der Waals surface area contributed by atoms with Crippen LogP contribution in [0.5, 0.6) is 0 Å². The number of benzene rings is 1. The van der Waals surface area contributed by atoms with Crippen molar-refractivity contribution in [2.45, 2.75) is 190 Å². The summed E-state index contributed by atoms with van der Waals surface area (Å²) < 4.78 is 22.9. The molecule has 2 fully saturated rings. The number of ketones is 1. The Labute approximate surface area is 436 Å². The summed E-state index contributed by atoms with van der Waals surface area (Å²) in [4.78, 5) is 98.8. The molecule has 6 amide bonds. The predicted molar refractivity (Wildman–Crippen MR) is 265 cm³/mol. The zero-order valence-corrected chi connectivity index (χ0v) is 42.9. The van der Waals surface area contributed by atoms with E-state index in [-0.39, 0.29) is 51.0 Å². The Hall–Kier alpha value is -5.22. The molecule has 0 spiro atoms. The second kappa shape index (κ2) is 35.2. The van der Waals surface area contributed by atoms with Crippen LogP contribution in [0.25, 0.3) is 0 Å². The van der Waals surface area contributed by atoms with Crippen molar-refractivity contribution in [3.05, 3.63) is 35.9 Å². The van der Waals surface area contributed by atoms with Gasteiger partial charge in [0.2, 0.25) is 35.4 Å². The molecule has 424 valence electrons. The average Bonchev–Trinajstić information content (AvgIpc) is 3.37. The van der Waals surface area contributed by atoms with Gasteiger partial charge in [-0.25, -0.2) is 0 Å². The van der Waals surface area contributed by atoms with Gasteiger partial charge in [0, 0.05) is 45.8 Å². The molecule has 1 aromatic carbocycles. The van der Waals surface area contributed by atoms with Gasteiger partial charge in [-0.15, -0.1) is 0 Å². The number of nitrogens with one attached hydrogen (secondary N) is 6. The van der Waals surface area contributed by atoms with Crippen LogP contribution in [-0.2, 0) is 63.7 Å². The van der Waals surface area contributed by atoms with Crippen molar-refractivity contribution in [1.82, 2.24) is 31.9 Å². The number of rotatable bonds is 36. The molecular formula is C50H80N6O19. The van der Waals surface area contributed by atoms with Crippen LogP contribution in [0.3, 0.4) is 0 Å². The number of hydrogen-bond donors (Lipinski definition) is 13. The number of carbonyl (C=O) groups excluding carboxylic acids is 7. The first-order valence-corrected chi connectivity index (χ1v) is 25.8.